The lowest BCUT2D eigenvalue weighted by Gasteiger charge is -2.19. The fourth-order valence-electron chi connectivity index (χ4n) is 1.46. The van der Waals surface area contributed by atoms with Crippen molar-refractivity contribution in [2.75, 3.05) is 26.8 Å². The van der Waals surface area contributed by atoms with Gasteiger partial charge in [-0.15, -0.1) is 11.3 Å². The third-order valence-electron chi connectivity index (χ3n) is 2.40. The molecule has 0 atom stereocenters. The highest BCUT2D eigenvalue weighted by molar-refractivity contribution is 7.14. The van der Waals surface area contributed by atoms with Gasteiger partial charge in [0.05, 0.1) is 11.5 Å². The molecular formula is C12H17NO4S. The Hall–Kier alpha value is -1.40. The summed E-state index contributed by atoms with van der Waals surface area (Å²) in [7, 11) is 1.52. The van der Waals surface area contributed by atoms with Gasteiger partial charge in [0.1, 0.15) is 6.54 Å². The van der Waals surface area contributed by atoms with Crippen molar-refractivity contribution in [2.24, 2.45) is 0 Å². The monoisotopic (exact) mass is 271 g/mol. The van der Waals surface area contributed by atoms with E-state index in [1.165, 1.54) is 23.3 Å². The molecule has 6 heteroatoms. The third kappa shape index (κ3) is 4.12. The van der Waals surface area contributed by atoms with Crippen LogP contribution in [-0.4, -0.2) is 48.7 Å². The summed E-state index contributed by atoms with van der Waals surface area (Å²) in [6.45, 7) is 2.31. The summed E-state index contributed by atoms with van der Waals surface area (Å²) in [5.74, 6) is -1.27. The molecule has 18 heavy (non-hydrogen) atoms. The van der Waals surface area contributed by atoms with Crippen molar-refractivity contribution >= 4 is 23.2 Å². The van der Waals surface area contributed by atoms with Gasteiger partial charge in [-0.05, 0) is 18.6 Å². The minimum absolute atomic E-state index is 0.251. The van der Waals surface area contributed by atoms with Crippen LogP contribution in [-0.2, 0) is 16.0 Å². The first-order valence-electron chi connectivity index (χ1n) is 5.67. The maximum atomic E-state index is 12.1. The summed E-state index contributed by atoms with van der Waals surface area (Å²) < 4.78 is 4.88. The summed E-state index contributed by atoms with van der Waals surface area (Å²) in [6, 6.07) is 3.64. The van der Waals surface area contributed by atoms with Gasteiger partial charge in [-0.1, -0.05) is 6.92 Å². The van der Waals surface area contributed by atoms with Gasteiger partial charge in [0.15, 0.2) is 0 Å². The van der Waals surface area contributed by atoms with Crippen LogP contribution in [0.25, 0.3) is 0 Å². The number of hydrogen-bond donors (Lipinski definition) is 1. The largest absolute Gasteiger partial charge is 0.480 e. The molecule has 0 saturated carbocycles. The number of ether oxygens (including phenoxy) is 1. The van der Waals surface area contributed by atoms with Crippen molar-refractivity contribution in [2.45, 2.75) is 13.3 Å². The number of methoxy groups -OCH3 is 1. The predicted octanol–water partition coefficient (Wildman–Crippen LogP) is 1.48. The van der Waals surface area contributed by atoms with E-state index in [-0.39, 0.29) is 19.0 Å². The van der Waals surface area contributed by atoms with Crippen LogP contribution in [0.5, 0.6) is 0 Å². The Morgan fingerprint density at radius 1 is 1.44 bits per heavy atom. The Kier molecular flexibility index (Phi) is 5.80. The lowest BCUT2D eigenvalue weighted by Crippen LogP contribution is -2.37. The molecule has 1 aromatic rings. The van der Waals surface area contributed by atoms with E-state index in [4.69, 9.17) is 9.84 Å². The lowest BCUT2D eigenvalue weighted by molar-refractivity contribution is -0.137. The molecular weight excluding hydrogens is 254 g/mol. The molecule has 5 nitrogen and oxygen atoms in total. The van der Waals surface area contributed by atoms with Crippen molar-refractivity contribution in [3.63, 3.8) is 0 Å². The fraction of sp³-hybridized carbons (Fsp3) is 0.500. The standard InChI is InChI=1S/C12H17NO4S/c1-3-9-4-5-10(18-9)12(16)13(6-7-17-2)8-11(14)15/h4-5H,3,6-8H2,1-2H3,(H,14,15). The number of rotatable bonds is 7. The number of carbonyl (C=O) groups is 2. The summed E-state index contributed by atoms with van der Waals surface area (Å²) in [6.07, 6.45) is 0.870. The highest BCUT2D eigenvalue weighted by atomic mass is 32.1. The minimum Gasteiger partial charge on any atom is -0.480 e. The third-order valence-corrected chi connectivity index (χ3v) is 3.62. The van der Waals surface area contributed by atoms with E-state index in [2.05, 4.69) is 0 Å². The summed E-state index contributed by atoms with van der Waals surface area (Å²) in [4.78, 5) is 25.8. The second kappa shape index (κ2) is 7.13. The average molecular weight is 271 g/mol. The van der Waals surface area contributed by atoms with Crippen LogP contribution < -0.4 is 0 Å². The van der Waals surface area contributed by atoms with E-state index in [0.717, 1.165) is 11.3 Å². The molecule has 100 valence electrons. The van der Waals surface area contributed by atoms with Crippen molar-refractivity contribution in [1.82, 2.24) is 4.90 Å². The van der Waals surface area contributed by atoms with E-state index in [1.54, 1.807) is 6.07 Å². The highest BCUT2D eigenvalue weighted by Crippen LogP contribution is 2.18. The van der Waals surface area contributed by atoms with Gasteiger partial charge in [-0.25, -0.2) is 0 Å². The SMILES string of the molecule is CCc1ccc(C(=O)N(CCOC)CC(=O)O)s1. The number of thiophene rings is 1. The molecule has 0 aliphatic carbocycles. The smallest absolute Gasteiger partial charge is 0.323 e. The summed E-state index contributed by atoms with van der Waals surface area (Å²) in [5, 5.41) is 8.80. The number of carboxylic acids is 1. The molecule has 0 spiro atoms. The molecule has 0 aromatic carbocycles. The normalized spacial score (nSPS) is 10.3. The molecule has 0 radical (unpaired) electrons. The second-order valence-electron chi connectivity index (χ2n) is 3.73. The minimum atomic E-state index is -1.02. The lowest BCUT2D eigenvalue weighted by atomic mass is 10.3. The fourth-order valence-corrected chi connectivity index (χ4v) is 2.37. The van der Waals surface area contributed by atoms with Crippen molar-refractivity contribution in [3.05, 3.63) is 21.9 Å². The first kappa shape index (κ1) is 14.7. The average Bonchev–Trinajstić information content (AvgIpc) is 2.81. The first-order chi connectivity index (χ1) is 8.58. The van der Waals surface area contributed by atoms with Crippen LogP contribution >= 0.6 is 11.3 Å². The number of aryl methyl sites for hydroxylation is 1. The molecule has 0 bridgehead atoms. The Morgan fingerprint density at radius 2 is 2.17 bits per heavy atom. The number of amides is 1. The van der Waals surface area contributed by atoms with Gasteiger partial charge < -0.3 is 14.7 Å². The van der Waals surface area contributed by atoms with E-state index >= 15 is 0 Å². The number of carboxylic acid groups (broad SMARTS) is 1. The molecule has 1 aromatic heterocycles. The van der Waals surface area contributed by atoms with E-state index < -0.39 is 5.97 Å². The number of nitrogens with zero attached hydrogens (tertiary/aromatic N) is 1. The van der Waals surface area contributed by atoms with Crippen molar-refractivity contribution < 1.29 is 19.4 Å². The van der Waals surface area contributed by atoms with E-state index in [0.29, 0.717) is 11.5 Å². The van der Waals surface area contributed by atoms with Crippen LogP contribution in [0, 0.1) is 0 Å². The number of carbonyl (C=O) groups excluding carboxylic acids is 1. The van der Waals surface area contributed by atoms with Gasteiger partial charge in [0.2, 0.25) is 0 Å². The van der Waals surface area contributed by atoms with Gasteiger partial charge in [0.25, 0.3) is 5.91 Å². The Balaban J connectivity index is 2.76. The number of hydrogen-bond acceptors (Lipinski definition) is 4. The van der Waals surface area contributed by atoms with Gasteiger partial charge >= 0.3 is 5.97 Å². The maximum Gasteiger partial charge on any atom is 0.323 e. The zero-order valence-corrected chi connectivity index (χ0v) is 11.3. The predicted molar refractivity (Wildman–Crippen MR) is 69.1 cm³/mol. The molecule has 0 aliphatic rings. The van der Waals surface area contributed by atoms with Crippen LogP contribution in [0.3, 0.4) is 0 Å². The van der Waals surface area contributed by atoms with E-state index in [9.17, 15) is 9.59 Å². The molecule has 1 N–H and O–H groups in total. The van der Waals surface area contributed by atoms with Crippen LogP contribution in [0.2, 0.25) is 0 Å². The van der Waals surface area contributed by atoms with Crippen LogP contribution in [0.1, 0.15) is 21.5 Å². The zero-order valence-electron chi connectivity index (χ0n) is 10.5. The Bertz CT molecular complexity index is 416. The molecule has 0 saturated heterocycles. The molecule has 1 rings (SSSR count). The summed E-state index contributed by atoms with van der Waals surface area (Å²) in [5.41, 5.74) is 0. The Labute approximate surface area is 110 Å². The van der Waals surface area contributed by atoms with Crippen molar-refractivity contribution in [3.8, 4) is 0 Å². The van der Waals surface area contributed by atoms with Gasteiger partial charge in [-0.3, -0.25) is 9.59 Å². The van der Waals surface area contributed by atoms with Gasteiger partial charge in [0, 0.05) is 18.5 Å². The molecule has 1 amide bonds. The molecule has 1 heterocycles. The van der Waals surface area contributed by atoms with Gasteiger partial charge in [-0.2, -0.15) is 0 Å². The molecule has 0 fully saturated rings. The Morgan fingerprint density at radius 3 is 2.67 bits per heavy atom. The topological polar surface area (TPSA) is 66.8 Å². The van der Waals surface area contributed by atoms with E-state index in [1.807, 2.05) is 13.0 Å². The quantitative estimate of drug-likeness (QED) is 0.815. The van der Waals surface area contributed by atoms with Crippen LogP contribution in [0.15, 0.2) is 12.1 Å². The molecule has 0 aliphatic heterocycles. The van der Waals surface area contributed by atoms with Crippen molar-refractivity contribution in [1.29, 1.82) is 0 Å². The summed E-state index contributed by atoms with van der Waals surface area (Å²) >= 11 is 1.40. The maximum absolute atomic E-state index is 12.1. The number of aliphatic carboxylic acids is 1. The van der Waals surface area contributed by atoms with Crippen LogP contribution in [0.4, 0.5) is 0 Å². The first-order valence-corrected chi connectivity index (χ1v) is 6.48. The molecule has 0 unspecified atom stereocenters. The highest BCUT2D eigenvalue weighted by Gasteiger charge is 2.19. The second-order valence-corrected chi connectivity index (χ2v) is 4.90. The zero-order chi connectivity index (χ0) is 13.5.